The second kappa shape index (κ2) is 8.46. The number of phenolic OH excluding ortho intramolecular Hbond substituents is 2. The van der Waals surface area contributed by atoms with Crippen molar-refractivity contribution in [3.63, 3.8) is 0 Å². The van der Waals surface area contributed by atoms with Crippen molar-refractivity contribution in [2.45, 2.75) is 25.8 Å². The average Bonchev–Trinajstić information content (AvgIpc) is 2.68. The number of hydrogen-bond donors (Lipinski definition) is 3. The number of rotatable bonds is 6. The Kier molecular flexibility index (Phi) is 5.98. The molecule has 156 valence electrons. The number of amides is 1. The molecule has 1 atom stereocenters. The van der Waals surface area contributed by atoms with Crippen molar-refractivity contribution in [2.24, 2.45) is 0 Å². The van der Waals surface area contributed by atoms with Crippen LogP contribution in [0.2, 0.25) is 5.02 Å². The Morgan fingerprint density at radius 2 is 1.87 bits per heavy atom. The van der Waals surface area contributed by atoms with Crippen LogP contribution >= 0.6 is 11.6 Å². The second-order valence-corrected chi connectivity index (χ2v) is 7.19. The van der Waals surface area contributed by atoms with E-state index in [0.29, 0.717) is 16.5 Å². The van der Waals surface area contributed by atoms with E-state index in [9.17, 15) is 29.7 Å². The van der Waals surface area contributed by atoms with E-state index in [2.05, 4.69) is 5.32 Å². The highest BCUT2D eigenvalue weighted by Gasteiger charge is 2.19. The van der Waals surface area contributed by atoms with E-state index < -0.39 is 30.0 Å². The highest BCUT2D eigenvalue weighted by molar-refractivity contribution is 6.32. The Labute approximate surface area is 175 Å². The number of aryl methyl sites for hydroxylation is 1. The summed E-state index contributed by atoms with van der Waals surface area (Å²) >= 11 is 5.91. The highest BCUT2D eigenvalue weighted by atomic mass is 35.5. The molecule has 0 unspecified atom stereocenters. The minimum atomic E-state index is -1.49. The average molecular weight is 431 g/mol. The third-order valence-electron chi connectivity index (χ3n) is 4.69. The summed E-state index contributed by atoms with van der Waals surface area (Å²) in [6.07, 6.45) is -0.476. The van der Waals surface area contributed by atoms with Gasteiger partial charge in [-0.2, -0.15) is 0 Å². The van der Waals surface area contributed by atoms with E-state index in [1.54, 1.807) is 6.92 Å². The smallest absolute Gasteiger partial charge is 0.340 e. The number of carbonyl (C=O) groups excluding carboxylic acids is 2. The molecule has 0 saturated carbocycles. The summed E-state index contributed by atoms with van der Waals surface area (Å²) in [7, 11) is 0. The van der Waals surface area contributed by atoms with Gasteiger partial charge in [0.25, 0.3) is 0 Å². The summed E-state index contributed by atoms with van der Waals surface area (Å²) in [4.78, 5) is 36.2. The number of benzene rings is 2. The summed E-state index contributed by atoms with van der Waals surface area (Å²) in [6.45, 7) is 1.60. The molecule has 8 nitrogen and oxygen atoms in total. The van der Waals surface area contributed by atoms with Crippen LogP contribution in [0.15, 0.2) is 45.6 Å². The first kappa shape index (κ1) is 21.2. The molecule has 1 aromatic heterocycles. The Hall–Kier alpha value is -3.52. The van der Waals surface area contributed by atoms with Crippen molar-refractivity contribution in [1.82, 2.24) is 5.32 Å². The lowest BCUT2D eigenvalue weighted by Gasteiger charge is -2.20. The molecule has 30 heavy (non-hydrogen) atoms. The molecule has 0 aliphatic carbocycles. The van der Waals surface area contributed by atoms with Crippen LogP contribution in [0.4, 0.5) is 0 Å². The standard InChI is InChI=1S/C21H18ClNO7/c1-10-13-7-15(22)17(25)9-18(13)30-21(29)14(10)8-19(26)23-16(20(27)28)6-11-2-4-12(24)5-3-11/h2-5,7,9,16,24-25H,6,8H2,1H3,(H,23,26)(H,27,28)/p-1/t16-/m0/s1. The van der Waals surface area contributed by atoms with Gasteiger partial charge in [-0.3, -0.25) is 4.79 Å². The number of aromatic hydroxyl groups is 2. The molecule has 0 bridgehead atoms. The largest absolute Gasteiger partial charge is 0.548 e. The Bertz CT molecular complexity index is 1180. The van der Waals surface area contributed by atoms with Crippen LogP contribution in [0.5, 0.6) is 11.5 Å². The minimum Gasteiger partial charge on any atom is -0.548 e. The van der Waals surface area contributed by atoms with Crippen molar-refractivity contribution >= 4 is 34.4 Å². The highest BCUT2D eigenvalue weighted by Crippen LogP contribution is 2.30. The first-order valence-electron chi connectivity index (χ1n) is 8.88. The summed E-state index contributed by atoms with van der Waals surface area (Å²) in [5.74, 6) is -2.41. The monoisotopic (exact) mass is 430 g/mol. The van der Waals surface area contributed by atoms with Crippen molar-refractivity contribution < 1.29 is 29.3 Å². The zero-order chi connectivity index (χ0) is 22.0. The van der Waals surface area contributed by atoms with Crippen molar-refractivity contribution in [2.75, 3.05) is 0 Å². The van der Waals surface area contributed by atoms with Gasteiger partial charge in [0.2, 0.25) is 5.91 Å². The molecule has 1 heterocycles. The number of nitrogens with one attached hydrogen (secondary N) is 1. The lowest BCUT2D eigenvalue weighted by molar-refractivity contribution is -0.308. The maximum absolute atomic E-state index is 12.4. The van der Waals surface area contributed by atoms with E-state index in [4.69, 9.17) is 16.0 Å². The van der Waals surface area contributed by atoms with Crippen LogP contribution in [-0.2, 0) is 22.4 Å². The Morgan fingerprint density at radius 1 is 1.20 bits per heavy atom. The number of halogens is 1. The second-order valence-electron chi connectivity index (χ2n) is 6.78. The van der Waals surface area contributed by atoms with Crippen molar-refractivity contribution in [1.29, 1.82) is 0 Å². The fourth-order valence-corrected chi connectivity index (χ4v) is 3.23. The molecule has 1 amide bonds. The van der Waals surface area contributed by atoms with Gasteiger partial charge in [-0.05, 0) is 42.7 Å². The lowest BCUT2D eigenvalue weighted by Crippen LogP contribution is -2.49. The molecule has 0 spiro atoms. The van der Waals surface area contributed by atoms with Gasteiger partial charge in [-0.25, -0.2) is 4.79 Å². The fraction of sp³-hybridized carbons (Fsp3) is 0.190. The number of carbonyl (C=O) groups is 2. The predicted octanol–water partition coefficient (Wildman–Crippen LogP) is 1.19. The number of phenols is 2. The molecule has 9 heteroatoms. The normalized spacial score (nSPS) is 11.9. The predicted molar refractivity (Wildman–Crippen MR) is 106 cm³/mol. The third kappa shape index (κ3) is 4.55. The van der Waals surface area contributed by atoms with Crippen molar-refractivity contribution in [3.8, 4) is 11.5 Å². The van der Waals surface area contributed by atoms with Crippen LogP contribution in [0.25, 0.3) is 11.0 Å². The zero-order valence-corrected chi connectivity index (χ0v) is 16.5. The van der Waals surface area contributed by atoms with Crippen LogP contribution < -0.4 is 16.0 Å². The molecule has 3 N–H and O–H groups in total. The molecule has 0 radical (unpaired) electrons. The number of carboxylic acids is 1. The van der Waals surface area contributed by atoms with Gasteiger partial charge in [0, 0.05) is 11.5 Å². The van der Waals surface area contributed by atoms with Gasteiger partial charge in [0.15, 0.2) is 0 Å². The van der Waals surface area contributed by atoms with Crippen LogP contribution in [-0.4, -0.2) is 28.1 Å². The first-order chi connectivity index (χ1) is 14.2. The molecular weight excluding hydrogens is 414 g/mol. The van der Waals surface area contributed by atoms with Gasteiger partial charge >= 0.3 is 5.63 Å². The SMILES string of the molecule is Cc1c(CC(=O)N[C@@H](Cc2ccc(O)cc2)C(=O)[O-])c(=O)oc2cc(O)c(Cl)cc12. The summed E-state index contributed by atoms with van der Waals surface area (Å²) in [5.41, 5.74) is 0.382. The number of carboxylic acid groups (broad SMARTS) is 1. The zero-order valence-electron chi connectivity index (χ0n) is 15.8. The Morgan fingerprint density at radius 3 is 2.50 bits per heavy atom. The van der Waals surface area contributed by atoms with E-state index >= 15 is 0 Å². The first-order valence-corrected chi connectivity index (χ1v) is 9.26. The summed E-state index contributed by atoms with van der Waals surface area (Å²) in [5, 5.41) is 33.3. The van der Waals surface area contributed by atoms with E-state index in [1.165, 1.54) is 36.4 Å². The number of fused-ring (bicyclic) bond motifs is 1. The molecule has 0 fully saturated rings. The van der Waals surface area contributed by atoms with Crippen LogP contribution in [0, 0.1) is 6.92 Å². The van der Waals surface area contributed by atoms with E-state index in [1.807, 2.05) is 0 Å². The van der Waals surface area contributed by atoms with Gasteiger partial charge in [0.1, 0.15) is 17.1 Å². The third-order valence-corrected chi connectivity index (χ3v) is 4.99. The quantitative estimate of drug-likeness (QED) is 0.499. The lowest BCUT2D eigenvalue weighted by atomic mass is 10.0. The fourth-order valence-electron chi connectivity index (χ4n) is 3.07. The summed E-state index contributed by atoms with van der Waals surface area (Å²) < 4.78 is 5.16. The molecule has 3 rings (SSSR count). The molecular formula is C21H17ClNO7-. The molecule has 3 aromatic rings. The Balaban J connectivity index is 1.82. The van der Waals surface area contributed by atoms with E-state index in [0.717, 1.165) is 0 Å². The minimum absolute atomic E-state index is 0.0275. The van der Waals surface area contributed by atoms with Gasteiger partial charge in [-0.15, -0.1) is 0 Å². The number of aliphatic carboxylic acids is 1. The molecule has 0 aliphatic rings. The van der Waals surface area contributed by atoms with Crippen LogP contribution in [0.1, 0.15) is 16.7 Å². The summed E-state index contributed by atoms with van der Waals surface area (Å²) in [6, 6.07) is 7.14. The molecule has 2 aromatic carbocycles. The molecule has 0 saturated heterocycles. The van der Waals surface area contributed by atoms with E-state index in [-0.39, 0.29) is 34.1 Å². The van der Waals surface area contributed by atoms with Gasteiger partial charge in [0.05, 0.1) is 29.0 Å². The maximum Gasteiger partial charge on any atom is 0.340 e. The molecule has 0 aliphatic heterocycles. The maximum atomic E-state index is 12.4. The van der Waals surface area contributed by atoms with Crippen molar-refractivity contribution in [3.05, 3.63) is 68.5 Å². The number of hydrogen-bond acceptors (Lipinski definition) is 7. The van der Waals surface area contributed by atoms with Crippen LogP contribution in [0.3, 0.4) is 0 Å². The topological polar surface area (TPSA) is 140 Å². The van der Waals surface area contributed by atoms with Gasteiger partial charge in [-0.1, -0.05) is 23.7 Å². The van der Waals surface area contributed by atoms with Gasteiger partial charge < -0.3 is 29.8 Å².